The smallest absolute Gasteiger partial charge is 0.135 e. The van der Waals surface area contributed by atoms with Gasteiger partial charge in [-0.25, -0.2) is 0 Å². The molecule has 0 spiro atoms. The fourth-order valence-corrected chi connectivity index (χ4v) is 1.60. The molecule has 0 amide bonds. The van der Waals surface area contributed by atoms with Crippen LogP contribution in [-0.2, 0) is 0 Å². The Hall–Kier alpha value is -1.76. The molecule has 0 fully saturated rings. The van der Waals surface area contributed by atoms with E-state index in [4.69, 9.17) is 5.79 Å². The molecule has 0 unspecified atom stereocenters. The Morgan fingerprint density at radius 3 is 2.46 bits per heavy atom. The zero-order valence-electron chi connectivity index (χ0n) is 7.95. The molecule has 1 heterocycles. The van der Waals surface area contributed by atoms with Crippen LogP contribution in [0, 0.1) is 0 Å². The number of furan rings is 1. The van der Waals surface area contributed by atoms with Gasteiger partial charge in [0.15, 0.2) is 0 Å². The molecule has 0 aliphatic carbocycles. The molecular formula is C12H8O. The molecule has 0 bridgehead atoms. The van der Waals surface area contributed by atoms with Gasteiger partial charge < -0.3 is 4.42 Å². The SMILES string of the molecule is [2H]c1cccc2oc3ccccc3c12. The number of hydrogen-bond acceptors (Lipinski definition) is 1. The standard InChI is InChI=1S/C12H8O/c1-3-7-11-9(5-1)10-6-2-4-8-12(10)13-11/h1-8H/i5D. The Kier molecular flexibility index (Phi) is 1.06. The Morgan fingerprint density at radius 1 is 0.846 bits per heavy atom. The second kappa shape index (κ2) is 2.36. The fourth-order valence-electron chi connectivity index (χ4n) is 1.60. The molecule has 62 valence electrons. The zero-order chi connectivity index (χ0) is 9.54. The third-order valence-corrected chi connectivity index (χ3v) is 2.19. The van der Waals surface area contributed by atoms with Crippen molar-refractivity contribution in [2.75, 3.05) is 0 Å². The lowest BCUT2D eigenvalue weighted by Gasteiger charge is -1.85. The molecular weight excluding hydrogens is 160 g/mol. The molecule has 1 heteroatoms. The maximum absolute atomic E-state index is 7.80. The first kappa shape index (κ1) is 5.81. The van der Waals surface area contributed by atoms with Crippen LogP contribution >= 0.6 is 0 Å². The summed E-state index contributed by atoms with van der Waals surface area (Å²) in [5.74, 6) is 0. The summed E-state index contributed by atoms with van der Waals surface area (Å²) in [5.41, 5.74) is 1.64. The summed E-state index contributed by atoms with van der Waals surface area (Å²) in [6, 6.07) is 13.9. The third kappa shape index (κ3) is 0.872. The Balaban J connectivity index is 2.65. The summed E-state index contributed by atoms with van der Waals surface area (Å²) in [6.45, 7) is 0. The molecule has 0 saturated carbocycles. The number of benzene rings is 2. The Bertz CT molecular complexity index is 610. The van der Waals surface area contributed by atoms with Crippen molar-refractivity contribution in [3.05, 3.63) is 48.5 Å². The lowest BCUT2D eigenvalue weighted by atomic mass is 10.2. The van der Waals surface area contributed by atoms with Crippen molar-refractivity contribution >= 4 is 21.9 Å². The largest absolute Gasteiger partial charge is 0.456 e. The summed E-state index contributed by atoms with van der Waals surface area (Å²) >= 11 is 0. The fraction of sp³-hybridized carbons (Fsp3) is 0. The van der Waals surface area contributed by atoms with Crippen LogP contribution in [-0.4, -0.2) is 0 Å². The summed E-state index contributed by atoms with van der Waals surface area (Å²) in [4.78, 5) is 0. The maximum Gasteiger partial charge on any atom is 0.135 e. The molecule has 0 radical (unpaired) electrons. The van der Waals surface area contributed by atoms with Crippen molar-refractivity contribution in [2.45, 2.75) is 0 Å². The van der Waals surface area contributed by atoms with E-state index in [9.17, 15) is 0 Å². The molecule has 0 atom stereocenters. The predicted molar refractivity (Wildman–Crippen MR) is 53.7 cm³/mol. The minimum atomic E-state index is 0.521. The highest BCUT2D eigenvalue weighted by Gasteiger charge is 2.02. The number of rotatable bonds is 0. The molecule has 13 heavy (non-hydrogen) atoms. The van der Waals surface area contributed by atoms with Gasteiger partial charge in [0.25, 0.3) is 0 Å². The monoisotopic (exact) mass is 169 g/mol. The quantitative estimate of drug-likeness (QED) is 0.501. The van der Waals surface area contributed by atoms with Gasteiger partial charge in [-0.05, 0) is 12.1 Å². The highest BCUT2D eigenvalue weighted by atomic mass is 16.3. The van der Waals surface area contributed by atoms with Gasteiger partial charge in [0, 0.05) is 10.8 Å². The number of para-hydroxylation sites is 2. The van der Waals surface area contributed by atoms with Crippen molar-refractivity contribution in [1.82, 2.24) is 0 Å². The van der Waals surface area contributed by atoms with Crippen molar-refractivity contribution in [3.63, 3.8) is 0 Å². The van der Waals surface area contributed by atoms with Crippen LogP contribution in [0.25, 0.3) is 21.9 Å². The summed E-state index contributed by atoms with van der Waals surface area (Å²) in [7, 11) is 0. The van der Waals surface area contributed by atoms with Gasteiger partial charge in [0.1, 0.15) is 11.2 Å². The van der Waals surface area contributed by atoms with E-state index in [1.165, 1.54) is 0 Å². The van der Waals surface area contributed by atoms with Crippen molar-refractivity contribution in [2.24, 2.45) is 0 Å². The van der Waals surface area contributed by atoms with Gasteiger partial charge >= 0.3 is 0 Å². The first-order valence-electron chi connectivity index (χ1n) is 4.73. The average molecular weight is 169 g/mol. The minimum absolute atomic E-state index is 0.521. The third-order valence-electron chi connectivity index (χ3n) is 2.19. The highest BCUT2D eigenvalue weighted by Crippen LogP contribution is 2.27. The highest BCUT2D eigenvalue weighted by molar-refractivity contribution is 6.04. The molecule has 1 aromatic heterocycles. The topological polar surface area (TPSA) is 13.1 Å². The molecule has 0 aliphatic heterocycles. The van der Waals surface area contributed by atoms with E-state index < -0.39 is 0 Å². The average Bonchev–Trinajstić information content (AvgIpc) is 2.57. The second-order valence-electron chi connectivity index (χ2n) is 3.01. The molecule has 3 aromatic rings. The van der Waals surface area contributed by atoms with Crippen LogP contribution in [0.5, 0.6) is 0 Å². The lowest BCUT2D eigenvalue weighted by molar-refractivity contribution is 0.669. The Morgan fingerprint density at radius 2 is 1.54 bits per heavy atom. The van der Waals surface area contributed by atoms with Crippen LogP contribution in [0.1, 0.15) is 1.37 Å². The van der Waals surface area contributed by atoms with Crippen LogP contribution in [0.4, 0.5) is 0 Å². The molecule has 0 aliphatic rings. The van der Waals surface area contributed by atoms with Gasteiger partial charge in [0.05, 0.1) is 1.37 Å². The second-order valence-corrected chi connectivity index (χ2v) is 3.01. The normalized spacial score (nSPS) is 12.2. The van der Waals surface area contributed by atoms with Crippen molar-refractivity contribution in [3.8, 4) is 0 Å². The van der Waals surface area contributed by atoms with Crippen LogP contribution < -0.4 is 0 Å². The van der Waals surface area contributed by atoms with Crippen molar-refractivity contribution in [1.29, 1.82) is 0 Å². The van der Waals surface area contributed by atoms with E-state index in [-0.39, 0.29) is 0 Å². The van der Waals surface area contributed by atoms with Gasteiger partial charge in [-0.2, -0.15) is 0 Å². The molecule has 1 nitrogen and oxygen atoms in total. The lowest BCUT2D eigenvalue weighted by Crippen LogP contribution is -1.62. The Labute approximate surface area is 77.0 Å². The van der Waals surface area contributed by atoms with E-state index in [1.54, 1.807) is 6.07 Å². The molecule has 2 aromatic carbocycles. The van der Waals surface area contributed by atoms with Gasteiger partial charge in [-0.1, -0.05) is 36.4 Å². The van der Waals surface area contributed by atoms with Gasteiger partial charge in [-0.15, -0.1) is 0 Å². The number of fused-ring (bicyclic) bond motifs is 3. The van der Waals surface area contributed by atoms with Crippen LogP contribution in [0.3, 0.4) is 0 Å². The maximum atomic E-state index is 7.80. The van der Waals surface area contributed by atoms with Crippen LogP contribution in [0.2, 0.25) is 0 Å². The summed E-state index contributed by atoms with van der Waals surface area (Å²) < 4.78 is 13.4. The first-order valence-corrected chi connectivity index (χ1v) is 4.23. The van der Waals surface area contributed by atoms with Crippen molar-refractivity contribution < 1.29 is 5.79 Å². The van der Waals surface area contributed by atoms with E-state index in [0.29, 0.717) is 6.04 Å². The van der Waals surface area contributed by atoms with Gasteiger partial charge in [-0.3, -0.25) is 0 Å². The molecule has 0 saturated heterocycles. The predicted octanol–water partition coefficient (Wildman–Crippen LogP) is 3.59. The summed E-state index contributed by atoms with van der Waals surface area (Å²) in [5, 5.41) is 1.93. The summed E-state index contributed by atoms with van der Waals surface area (Å²) in [6.07, 6.45) is 0. The van der Waals surface area contributed by atoms with E-state index in [0.717, 1.165) is 21.9 Å². The number of hydrogen-bond donors (Lipinski definition) is 0. The van der Waals surface area contributed by atoms with E-state index in [1.807, 2.05) is 36.4 Å². The van der Waals surface area contributed by atoms with Gasteiger partial charge in [0.2, 0.25) is 0 Å². The first-order chi connectivity index (χ1) is 6.86. The minimum Gasteiger partial charge on any atom is -0.456 e. The van der Waals surface area contributed by atoms with E-state index >= 15 is 0 Å². The van der Waals surface area contributed by atoms with Crippen LogP contribution in [0.15, 0.2) is 52.9 Å². The zero-order valence-corrected chi connectivity index (χ0v) is 6.95. The molecule has 0 N–H and O–H groups in total. The molecule has 3 rings (SSSR count). The van der Waals surface area contributed by atoms with E-state index in [2.05, 4.69) is 0 Å².